The van der Waals surface area contributed by atoms with E-state index in [9.17, 15) is 14.4 Å². The molecule has 1 aromatic carbocycles. The first-order chi connectivity index (χ1) is 8.82. The first kappa shape index (κ1) is 15.4. The van der Waals surface area contributed by atoms with Crippen LogP contribution in [-0.2, 0) is 9.59 Å². The molecule has 0 saturated heterocycles. The number of carboxylic acids is 2. The Morgan fingerprint density at radius 2 is 1.95 bits per heavy atom. The number of aliphatic carboxylic acids is 2. The van der Waals surface area contributed by atoms with E-state index in [0.29, 0.717) is 9.13 Å². The molecule has 7 heteroatoms. The van der Waals surface area contributed by atoms with Gasteiger partial charge in [-0.2, -0.15) is 0 Å². The molecule has 3 N–H and O–H groups in total. The molecule has 0 aliphatic rings. The smallest absolute Gasteiger partial charge is 0.326 e. The van der Waals surface area contributed by atoms with Crippen LogP contribution < -0.4 is 5.32 Å². The van der Waals surface area contributed by atoms with Gasteiger partial charge in [0.05, 0.1) is 12.0 Å². The summed E-state index contributed by atoms with van der Waals surface area (Å²) in [6, 6.07) is 3.62. The molecule has 0 aliphatic carbocycles. The molecule has 0 radical (unpaired) electrons. The van der Waals surface area contributed by atoms with Gasteiger partial charge < -0.3 is 15.5 Å². The van der Waals surface area contributed by atoms with Crippen LogP contribution in [0.3, 0.4) is 0 Å². The highest BCUT2D eigenvalue weighted by Gasteiger charge is 2.24. The SMILES string of the molecule is Cc1cccc(C(=O)NC(CC(=O)O)C(=O)O)c1I. The number of nitrogens with one attached hydrogen (secondary N) is 1. The number of halogens is 1. The largest absolute Gasteiger partial charge is 0.481 e. The van der Waals surface area contributed by atoms with Gasteiger partial charge in [-0.3, -0.25) is 9.59 Å². The van der Waals surface area contributed by atoms with E-state index in [4.69, 9.17) is 10.2 Å². The number of carbonyl (C=O) groups is 3. The Labute approximate surface area is 123 Å². The molecule has 1 aromatic rings. The van der Waals surface area contributed by atoms with Gasteiger partial charge in [0, 0.05) is 3.57 Å². The van der Waals surface area contributed by atoms with Crippen LogP contribution in [0.5, 0.6) is 0 Å². The van der Waals surface area contributed by atoms with Crippen molar-refractivity contribution >= 4 is 40.4 Å². The average Bonchev–Trinajstić information content (AvgIpc) is 2.31. The van der Waals surface area contributed by atoms with E-state index in [1.54, 1.807) is 12.1 Å². The topological polar surface area (TPSA) is 104 Å². The van der Waals surface area contributed by atoms with E-state index < -0.39 is 30.3 Å². The summed E-state index contributed by atoms with van der Waals surface area (Å²) in [5, 5.41) is 19.7. The summed E-state index contributed by atoms with van der Waals surface area (Å²) in [7, 11) is 0. The van der Waals surface area contributed by atoms with Crippen molar-refractivity contribution in [2.45, 2.75) is 19.4 Å². The van der Waals surface area contributed by atoms with Gasteiger partial charge in [-0.05, 0) is 41.1 Å². The fourth-order valence-electron chi connectivity index (χ4n) is 1.43. The Bertz CT molecular complexity index is 529. The highest BCUT2D eigenvalue weighted by molar-refractivity contribution is 14.1. The van der Waals surface area contributed by atoms with Crippen molar-refractivity contribution in [3.8, 4) is 0 Å². The molecule has 0 fully saturated rings. The van der Waals surface area contributed by atoms with Crippen LogP contribution in [0.2, 0.25) is 0 Å². The Kier molecular flexibility index (Phi) is 5.28. The number of carbonyl (C=O) groups excluding carboxylic acids is 1. The number of rotatable bonds is 5. The summed E-state index contributed by atoms with van der Waals surface area (Å²) in [6.07, 6.45) is -0.663. The van der Waals surface area contributed by atoms with Crippen LogP contribution in [0.1, 0.15) is 22.3 Å². The maximum Gasteiger partial charge on any atom is 0.326 e. The highest BCUT2D eigenvalue weighted by atomic mass is 127. The van der Waals surface area contributed by atoms with E-state index in [1.165, 1.54) is 0 Å². The summed E-state index contributed by atoms with van der Waals surface area (Å²) in [5.74, 6) is -3.26. The van der Waals surface area contributed by atoms with Gasteiger partial charge in [0.2, 0.25) is 0 Å². The zero-order chi connectivity index (χ0) is 14.6. The third kappa shape index (κ3) is 4.19. The van der Waals surface area contributed by atoms with Gasteiger partial charge in [0.15, 0.2) is 0 Å². The number of amides is 1. The van der Waals surface area contributed by atoms with Crippen LogP contribution in [0.25, 0.3) is 0 Å². The molecule has 0 aromatic heterocycles. The lowest BCUT2D eigenvalue weighted by molar-refractivity contribution is -0.145. The fraction of sp³-hybridized carbons (Fsp3) is 0.250. The van der Waals surface area contributed by atoms with Crippen molar-refractivity contribution in [1.29, 1.82) is 0 Å². The van der Waals surface area contributed by atoms with Gasteiger partial charge in [0.25, 0.3) is 5.91 Å². The molecule has 19 heavy (non-hydrogen) atoms. The normalized spacial score (nSPS) is 11.7. The zero-order valence-corrected chi connectivity index (χ0v) is 12.2. The maximum absolute atomic E-state index is 11.9. The second-order valence-electron chi connectivity index (χ2n) is 3.90. The fourth-order valence-corrected chi connectivity index (χ4v) is 2.04. The van der Waals surface area contributed by atoms with Gasteiger partial charge in [0.1, 0.15) is 6.04 Å². The van der Waals surface area contributed by atoms with Gasteiger partial charge >= 0.3 is 11.9 Å². The molecular weight excluding hydrogens is 365 g/mol. The lowest BCUT2D eigenvalue weighted by atomic mass is 10.1. The molecule has 1 amide bonds. The van der Waals surface area contributed by atoms with Crippen molar-refractivity contribution in [3.63, 3.8) is 0 Å². The Hall–Kier alpha value is -1.64. The van der Waals surface area contributed by atoms with Crippen molar-refractivity contribution in [3.05, 3.63) is 32.9 Å². The van der Waals surface area contributed by atoms with E-state index in [1.807, 2.05) is 35.6 Å². The monoisotopic (exact) mass is 377 g/mol. The number of hydrogen-bond acceptors (Lipinski definition) is 3. The highest BCUT2D eigenvalue weighted by Crippen LogP contribution is 2.16. The second kappa shape index (κ2) is 6.50. The first-order valence-corrected chi connectivity index (χ1v) is 6.41. The summed E-state index contributed by atoms with van der Waals surface area (Å²) < 4.78 is 0.706. The Morgan fingerprint density at radius 3 is 2.47 bits per heavy atom. The molecule has 0 heterocycles. The standard InChI is InChI=1S/C12H12INO5/c1-6-3-2-4-7(10(6)13)11(17)14-8(12(18)19)5-9(15)16/h2-4,8H,5H2,1H3,(H,14,17)(H,15,16)(H,18,19). The summed E-state index contributed by atoms with van der Waals surface area (Å²) in [6.45, 7) is 1.82. The van der Waals surface area contributed by atoms with Crippen molar-refractivity contribution in [2.75, 3.05) is 0 Å². The lowest BCUT2D eigenvalue weighted by Crippen LogP contribution is -2.42. The molecule has 1 atom stereocenters. The van der Waals surface area contributed by atoms with E-state index in [-0.39, 0.29) is 0 Å². The minimum absolute atomic E-state index is 0.331. The number of aryl methyl sites for hydroxylation is 1. The van der Waals surface area contributed by atoms with Gasteiger partial charge in [-0.25, -0.2) is 4.79 Å². The van der Waals surface area contributed by atoms with Crippen LogP contribution in [-0.4, -0.2) is 34.1 Å². The second-order valence-corrected chi connectivity index (χ2v) is 4.98. The van der Waals surface area contributed by atoms with Crippen molar-refractivity contribution < 1.29 is 24.6 Å². The van der Waals surface area contributed by atoms with E-state index in [2.05, 4.69) is 5.32 Å². The molecule has 1 unspecified atom stereocenters. The third-order valence-corrected chi connectivity index (χ3v) is 3.85. The van der Waals surface area contributed by atoms with Crippen molar-refractivity contribution in [1.82, 2.24) is 5.32 Å². The van der Waals surface area contributed by atoms with E-state index >= 15 is 0 Å². The summed E-state index contributed by atoms with van der Waals surface area (Å²) >= 11 is 1.99. The van der Waals surface area contributed by atoms with Crippen LogP contribution >= 0.6 is 22.6 Å². The molecular formula is C12H12INO5. The quantitative estimate of drug-likeness (QED) is 0.671. The minimum Gasteiger partial charge on any atom is -0.481 e. The zero-order valence-electron chi connectivity index (χ0n) is 10.0. The van der Waals surface area contributed by atoms with Gasteiger partial charge in [-0.15, -0.1) is 0 Å². The third-order valence-electron chi connectivity index (χ3n) is 2.42. The predicted molar refractivity (Wildman–Crippen MR) is 75.0 cm³/mol. The molecule has 102 valence electrons. The molecule has 0 bridgehead atoms. The molecule has 0 aliphatic heterocycles. The molecule has 1 rings (SSSR count). The lowest BCUT2D eigenvalue weighted by Gasteiger charge is -2.13. The molecule has 0 spiro atoms. The minimum atomic E-state index is -1.44. The number of hydrogen-bond donors (Lipinski definition) is 3. The number of carboxylic acid groups (broad SMARTS) is 2. The predicted octanol–water partition coefficient (Wildman–Crippen LogP) is 1.26. The van der Waals surface area contributed by atoms with Gasteiger partial charge in [-0.1, -0.05) is 12.1 Å². The first-order valence-electron chi connectivity index (χ1n) is 5.33. The number of benzene rings is 1. The van der Waals surface area contributed by atoms with Crippen molar-refractivity contribution in [2.24, 2.45) is 0 Å². The maximum atomic E-state index is 11.9. The molecule has 0 saturated carbocycles. The van der Waals surface area contributed by atoms with Crippen LogP contribution in [0, 0.1) is 10.5 Å². The average molecular weight is 377 g/mol. The summed E-state index contributed by atoms with van der Waals surface area (Å²) in [4.78, 5) is 33.4. The van der Waals surface area contributed by atoms with Crippen LogP contribution in [0.4, 0.5) is 0 Å². The Balaban J connectivity index is 2.91. The van der Waals surface area contributed by atoms with E-state index in [0.717, 1.165) is 5.56 Å². The summed E-state index contributed by atoms with van der Waals surface area (Å²) in [5.41, 5.74) is 1.22. The van der Waals surface area contributed by atoms with Crippen LogP contribution in [0.15, 0.2) is 18.2 Å². The Morgan fingerprint density at radius 1 is 1.32 bits per heavy atom. The molecule has 6 nitrogen and oxygen atoms in total.